The lowest BCUT2D eigenvalue weighted by Gasteiger charge is -2.29. The molecule has 0 aliphatic heterocycles. The van der Waals surface area contributed by atoms with E-state index in [4.69, 9.17) is 0 Å². The average Bonchev–Trinajstić information content (AvgIpc) is 3.49. The molecular formula is C44H29NS. The quantitative estimate of drug-likeness (QED) is 0.189. The van der Waals surface area contributed by atoms with E-state index in [1.165, 1.54) is 69.7 Å². The van der Waals surface area contributed by atoms with Gasteiger partial charge in [-0.1, -0.05) is 133 Å². The first-order valence-corrected chi connectivity index (χ1v) is 16.5. The van der Waals surface area contributed by atoms with Crippen LogP contribution in [0.1, 0.15) is 0 Å². The molecule has 0 unspecified atom stereocenters. The van der Waals surface area contributed by atoms with Gasteiger partial charge in [-0.25, -0.2) is 0 Å². The zero-order chi connectivity index (χ0) is 30.5. The van der Waals surface area contributed by atoms with Crippen molar-refractivity contribution in [1.29, 1.82) is 0 Å². The molecule has 9 rings (SSSR count). The molecule has 2 heteroatoms. The van der Waals surface area contributed by atoms with Crippen molar-refractivity contribution >= 4 is 70.1 Å². The fourth-order valence-electron chi connectivity index (χ4n) is 6.86. The van der Waals surface area contributed by atoms with E-state index >= 15 is 0 Å². The van der Waals surface area contributed by atoms with Crippen molar-refractivity contribution in [3.63, 3.8) is 0 Å². The smallest absolute Gasteiger partial charge is 0.0540 e. The molecule has 8 aromatic carbocycles. The Hall–Kier alpha value is -5.70. The molecule has 0 spiro atoms. The lowest BCUT2D eigenvalue weighted by atomic mass is 9.96. The Labute approximate surface area is 272 Å². The van der Waals surface area contributed by atoms with Crippen LogP contribution in [0.15, 0.2) is 176 Å². The molecule has 0 atom stereocenters. The van der Waals surface area contributed by atoms with Crippen LogP contribution >= 0.6 is 11.3 Å². The molecule has 1 aromatic heterocycles. The number of anilines is 3. The van der Waals surface area contributed by atoms with Gasteiger partial charge in [-0.05, 0) is 75.5 Å². The van der Waals surface area contributed by atoms with Gasteiger partial charge in [0.15, 0.2) is 0 Å². The molecule has 0 bridgehead atoms. The third-order valence-electron chi connectivity index (χ3n) is 9.05. The van der Waals surface area contributed by atoms with Crippen LogP contribution in [0.5, 0.6) is 0 Å². The summed E-state index contributed by atoms with van der Waals surface area (Å²) in [5.74, 6) is 0. The highest BCUT2D eigenvalue weighted by molar-refractivity contribution is 7.25. The Morgan fingerprint density at radius 3 is 1.76 bits per heavy atom. The maximum atomic E-state index is 2.45. The minimum atomic E-state index is 1.13. The standard InChI is InChI=1S/C44H29NS/c1-3-12-30(13-4-1)31-22-24-34(25-23-31)45(42-27-26-35(32-14-5-2-6-15-32)36-17-7-8-18-37(36)42)41-20-11-16-33-28-40-38-19-9-10-21-43(38)46-44(40)29-39(33)41/h1-29H. The second-order valence-corrected chi connectivity index (χ2v) is 12.8. The van der Waals surface area contributed by atoms with Crippen LogP contribution in [0, 0.1) is 0 Å². The lowest BCUT2D eigenvalue weighted by Crippen LogP contribution is -2.11. The van der Waals surface area contributed by atoms with Crippen molar-refractivity contribution in [2.75, 3.05) is 4.90 Å². The molecule has 0 fully saturated rings. The third-order valence-corrected chi connectivity index (χ3v) is 10.2. The van der Waals surface area contributed by atoms with Gasteiger partial charge in [-0.2, -0.15) is 0 Å². The SMILES string of the molecule is c1ccc(-c2ccc(N(c3cccc4cc5c(cc34)sc3ccccc35)c3ccc(-c4ccccc4)c4ccccc34)cc2)cc1. The highest BCUT2D eigenvalue weighted by Crippen LogP contribution is 2.46. The van der Waals surface area contributed by atoms with E-state index < -0.39 is 0 Å². The summed E-state index contributed by atoms with van der Waals surface area (Å²) in [6.07, 6.45) is 0. The third kappa shape index (κ3) is 4.46. The van der Waals surface area contributed by atoms with Crippen LogP contribution in [0.3, 0.4) is 0 Å². The van der Waals surface area contributed by atoms with E-state index in [-0.39, 0.29) is 0 Å². The zero-order valence-corrected chi connectivity index (χ0v) is 25.9. The van der Waals surface area contributed by atoms with Gasteiger partial charge in [-0.3, -0.25) is 0 Å². The van der Waals surface area contributed by atoms with Gasteiger partial charge in [0, 0.05) is 36.6 Å². The second-order valence-electron chi connectivity index (χ2n) is 11.7. The van der Waals surface area contributed by atoms with E-state index in [1.54, 1.807) is 0 Å². The van der Waals surface area contributed by atoms with E-state index in [0.717, 1.165) is 11.4 Å². The predicted molar refractivity (Wildman–Crippen MR) is 200 cm³/mol. The maximum Gasteiger partial charge on any atom is 0.0540 e. The number of hydrogen-bond acceptors (Lipinski definition) is 2. The van der Waals surface area contributed by atoms with E-state index in [0.29, 0.717) is 0 Å². The van der Waals surface area contributed by atoms with Crippen LogP contribution in [0.2, 0.25) is 0 Å². The zero-order valence-electron chi connectivity index (χ0n) is 25.1. The largest absolute Gasteiger partial charge is 0.309 e. The number of rotatable bonds is 5. The summed E-state index contributed by atoms with van der Waals surface area (Å²) in [5, 5.41) is 7.59. The Bertz CT molecular complexity index is 2510. The molecule has 0 saturated heterocycles. The number of nitrogens with zero attached hydrogens (tertiary/aromatic N) is 1. The van der Waals surface area contributed by atoms with Crippen molar-refractivity contribution in [2.24, 2.45) is 0 Å². The molecule has 0 amide bonds. The van der Waals surface area contributed by atoms with Crippen molar-refractivity contribution in [2.45, 2.75) is 0 Å². The average molecular weight is 604 g/mol. The molecule has 0 aliphatic carbocycles. The van der Waals surface area contributed by atoms with Crippen LogP contribution in [-0.2, 0) is 0 Å². The molecule has 1 heterocycles. The summed E-state index contributed by atoms with van der Waals surface area (Å²) in [6, 6.07) is 63.9. The summed E-state index contributed by atoms with van der Waals surface area (Å²) in [4.78, 5) is 2.45. The van der Waals surface area contributed by atoms with Crippen LogP contribution in [0.25, 0.3) is 64.0 Å². The van der Waals surface area contributed by atoms with Gasteiger partial charge >= 0.3 is 0 Å². The normalized spacial score (nSPS) is 11.5. The second kappa shape index (κ2) is 11.0. The van der Waals surface area contributed by atoms with Crippen LogP contribution in [0.4, 0.5) is 17.1 Å². The Balaban J connectivity index is 1.30. The van der Waals surface area contributed by atoms with Crippen molar-refractivity contribution < 1.29 is 0 Å². The molecule has 0 aliphatic rings. The van der Waals surface area contributed by atoms with E-state index in [9.17, 15) is 0 Å². The summed E-state index contributed by atoms with van der Waals surface area (Å²) in [7, 11) is 0. The van der Waals surface area contributed by atoms with Crippen LogP contribution in [-0.4, -0.2) is 0 Å². The van der Waals surface area contributed by atoms with E-state index in [1.807, 2.05) is 11.3 Å². The monoisotopic (exact) mass is 603 g/mol. The first-order valence-electron chi connectivity index (χ1n) is 15.7. The fourth-order valence-corrected chi connectivity index (χ4v) is 7.99. The number of benzene rings is 8. The fraction of sp³-hybridized carbons (Fsp3) is 0. The summed E-state index contributed by atoms with van der Waals surface area (Å²) in [5.41, 5.74) is 8.34. The van der Waals surface area contributed by atoms with Gasteiger partial charge < -0.3 is 4.90 Å². The first kappa shape index (κ1) is 26.7. The minimum absolute atomic E-state index is 1.13. The number of thiophene rings is 1. The summed E-state index contributed by atoms with van der Waals surface area (Å²) >= 11 is 1.87. The Kier molecular flexibility index (Phi) is 6.40. The van der Waals surface area contributed by atoms with Crippen LogP contribution < -0.4 is 4.90 Å². The van der Waals surface area contributed by atoms with Gasteiger partial charge in [0.2, 0.25) is 0 Å². The topological polar surface area (TPSA) is 3.24 Å². The first-order chi connectivity index (χ1) is 22.8. The van der Waals surface area contributed by atoms with Crippen molar-refractivity contribution in [1.82, 2.24) is 0 Å². The molecule has 9 aromatic rings. The lowest BCUT2D eigenvalue weighted by molar-refractivity contribution is 1.31. The molecule has 0 saturated carbocycles. The highest BCUT2D eigenvalue weighted by atomic mass is 32.1. The number of hydrogen-bond donors (Lipinski definition) is 0. The summed E-state index contributed by atoms with van der Waals surface area (Å²) in [6.45, 7) is 0. The molecular weight excluding hydrogens is 575 g/mol. The van der Waals surface area contributed by atoms with Gasteiger partial charge in [0.25, 0.3) is 0 Å². The predicted octanol–water partition coefficient (Wildman–Crippen LogP) is 13.2. The number of fused-ring (bicyclic) bond motifs is 5. The molecule has 0 N–H and O–H groups in total. The molecule has 216 valence electrons. The Morgan fingerprint density at radius 2 is 0.978 bits per heavy atom. The van der Waals surface area contributed by atoms with E-state index in [2.05, 4.69) is 181 Å². The van der Waals surface area contributed by atoms with Crippen molar-refractivity contribution in [3.8, 4) is 22.3 Å². The van der Waals surface area contributed by atoms with Gasteiger partial charge in [-0.15, -0.1) is 11.3 Å². The Morgan fingerprint density at radius 1 is 0.348 bits per heavy atom. The van der Waals surface area contributed by atoms with Gasteiger partial charge in [0.05, 0.1) is 11.4 Å². The molecule has 46 heavy (non-hydrogen) atoms. The highest BCUT2D eigenvalue weighted by Gasteiger charge is 2.20. The minimum Gasteiger partial charge on any atom is -0.309 e. The summed E-state index contributed by atoms with van der Waals surface area (Å²) < 4.78 is 2.63. The molecule has 1 nitrogen and oxygen atoms in total. The van der Waals surface area contributed by atoms with Gasteiger partial charge in [0.1, 0.15) is 0 Å². The van der Waals surface area contributed by atoms with Crippen molar-refractivity contribution in [3.05, 3.63) is 176 Å². The maximum absolute atomic E-state index is 2.45. The molecule has 0 radical (unpaired) electrons.